The minimum Gasteiger partial charge on any atom is -0.457 e. The SMILES string of the molecule is CCCCCc1ccnc(-n2c3ccc(C(C)CCCC(C)C)cc3c3ccc(Oc4cccc(-n5nc(C)c(-c6ccccc6)c5C)c4)cc32)c1. The number of fused-ring (bicyclic) bond motifs is 3. The molecule has 7 aromatic rings. The number of aromatic nitrogens is 4. The van der Waals surface area contributed by atoms with E-state index in [-0.39, 0.29) is 0 Å². The van der Waals surface area contributed by atoms with Crippen molar-refractivity contribution in [1.82, 2.24) is 19.3 Å². The molecule has 3 heterocycles. The van der Waals surface area contributed by atoms with Gasteiger partial charge in [0.15, 0.2) is 0 Å². The molecular weight excluding hydrogens is 637 g/mol. The van der Waals surface area contributed by atoms with Crippen LogP contribution in [0.1, 0.15) is 94.7 Å². The molecule has 7 rings (SSSR count). The summed E-state index contributed by atoms with van der Waals surface area (Å²) in [4.78, 5) is 4.94. The van der Waals surface area contributed by atoms with E-state index in [0.29, 0.717) is 5.92 Å². The van der Waals surface area contributed by atoms with Crippen LogP contribution in [0.25, 0.3) is 44.4 Å². The van der Waals surface area contributed by atoms with E-state index in [9.17, 15) is 0 Å². The Kier molecular flexibility index (Phi) is 10.6. The van der Waals surface area contributed by atoms with Gasteiger partial charge in [-0.1, -0.05) is 95.8 Å². The fourth-order valence-electron chi connectivity index (χ4n) is 7.68. The molecule has 4 aromatic carbocycles. The van der Waals surface area contributed by atoms with Crippen molar-refractivity contribution >= 4 is 21.8 Å². The predicted octanol–water partition coefficient (Wildman–Crippen LogP) is 13.1. The highest BCUT2D eigenvalue weighted by atomic mass is 16.5. The van der Waals surface area contributed by atoms with Crippen molar-refractivity contribution in [3.05, 3.63) is 132 Å². The van der Waals surface area contributed by atoms with Crippen molar-refractivity contribution in [2.45, 2.75) is 92.4 Å². The molecular formula is C47H52N4O. The number of pyridine rings is 1. The Labute approximate surface area is 309 Å². The lowest BCUT2D eigenvalue weighted by atomic mass is 9.92. The second-order valence-corrected chi connectivity index (χ2v) is 14.9. The van der Waals surface area contributed by atoms with E-state index < -0.39 is 0 Å². The predicted molar refractivity (Wildman–Crippen MR) is 217 cm³/mol. The number of benzene rings is 4. The van der Waals surface area contributed by atoms with E-state index in [1.54, 1.807) is 0 Å². The Morgan fingerprint density at radius 2 is 1.54 bits per heavy atom. The summed E-state index contributed by atoms with van der Waals surface area (Å²) in [5.74, 6) is 3.74. The molecule has 0 aliphatic heterocycles. The molecule has 0 bridgehead atoms. The molecule has 0 saturated carbocycles. The average Bonchev–Trinajstić information content (AvgIpc) is 3.64. The minimum atomic E-state index is 0.502. The van der Waals surface area contributed by atoms with Gasteiger partial charge in [0.1, 0.15) is 17.3 Å². The molecule has 52 heavy (non-hydrogen) atoms. The summed E-state index contributed by atoms with van der Waals surface area (Å²) in [5.41, 5.74) is 10.4. The van der Waals surface area contributed by atoms with Gasteiger partial charge in [-0.25, -0.2) is 9.67 Å². The van der Waals surface area contributed by atoms with E-state index in [4.69, 9.17) is 14.8 Å². The van der Waals surface area contributed by atoms with Crippen molar-refractivity contribution in [2.24, 2.45) is 5.92 Å². The van der Waals surface area contributed by atoms with Crippen LogP contribution in [0.3, 0.4) is 0 Å². The second-order valence-electron chi connectivity index (χ2n) is 14.9. The van der Waals surface area contributed by atoms with Crippen LogP contribution in [-0.2, 0) is 6.42 Å². The molecule has 0 aliphatic carbocycles. The summed E-state index contributed by atoms with van der Waals surface area (Å²) in [6.45, 7) is 13.5. The molecule has 0 amide bonds. The number of nitrogens with zero attached hydrogens (tertiary/aromatic N) is 4. The number of hydrogen-bond donors (Lipinski definition) is 0. The largest absolute Gasteiger partial charge is 0.457 e. The fourth-order valence-corrected chi connectivity index (χ4v) is 7.68. The van der Waals surface area contributed by atoms with Crippen molar-refractivity contribution in [1.29, 1.82) is 0 Å². The average molecular weight is 689 g/mol. The summed E-state index contributed by atoms with van der Waals surface area (Å²) < 4.78 is 11.0. The highest BCUT2D eigenvalue weighted by Crippen LogP contribution is 2.38. The van der Waals surface area contributed by atoms with Crippen LogP contribution in [0.5, 0.6) is 11.5 Å². The maximum atomic E-state index is 6.64. The molecule has 0 saturated heterocycles. The molecule has 0 radical (unpaired) electrons. The highest BCUT2D eigenvalue weighted by molar-refractivity contribution is 6.09. The zero-order valence-corrected chi connectivity index (χ0v) is 31.7. The van der Waals surface area contributed by atoms with Gasteiger partial charge in [0.25, 0.3) is 0 Å². The van der Waals surface area contributed by atoms with Gasteiger partial charge in [-0.15, -0.1) is 0 Å². The van der Waals surface area contributed by atoms with Crippen LogP contribution in [0.4, 0.5) is 0 Å². The smallest absolute Gasteiger partial charge is 0.137 e. The van der Waals surface area contributed by atoms with Crippen LogP contribution in [-0.4, -0.2) is 19.3 Å². The third kappa shape index (κ3) is 7.41. The quantitative estimate of drug-likeness (QED) is 0.107. The Balaban J connectivity index is 1.26. The topological polar surface area (TPSA) is 44.9 Å². The van der Waals surface area contributed by atoms with E-state index in [0.717, 1.165) is 52.2 Å². The summed E-state index contributed by atoms with van der Waals surface area (Å²) >= 11 is 0. The summed E-state index contributed by atoms with van der Waals surface area (Å²) in [5, 5.41) is 7.41. The number of hydrogen-bond acceptors (Lipinski definition) is 3. The summed E-state index contributed by atoms with van der Waals surface area (Å²) in [6, 6.07) is 36.7. The van der Waals surface area contributed by atoms with Crippen molar-refractivity contribution < 1.29 is 4.74 Å². The zero-order chi connectivity index (χ0) is 36.2. The molecule has 1 unspecified atom stereocenters. The van der Waals surface area contributed by atoms with Gasteiger partial charge in [-0.2, -0.15) is 5.10 Å². The first-order chi connectivity index (χ1) is 25.3. The first kappa shape index (κ1) is 35.3. The lowest BCUT2D eigenvalue weighted by Crippen LogP contribution is -2.00. The monoisotopic (exact) mass is 688 g/mol. The summed E-state index contributed by atoms with van der Waals surface area (Å²) in [7, 11) is 0. The van der Waals surface area contributed by atoms with E-state index in [1.165, 1.54) is 77.1 Å². The van der Waals surface area contributed by atoms with Gasteiger partial charge in [-0.05, 0) is 110 Å². The third-order valence-corrected chi connectivity index (χ3v) is 10.5. The Morgan fingerprint density at radius 1 is 0.712 bits per heavy atom. The van der Waals surface area contributed by atoms with E-state index >= 15 is 0 Å². The maximum absolute atomic E-state index is 6.64. The number of aryl methyl sites for hydroxylation is 2. The van der Waals surface area contributed by atoms with Crippen LogP contribution in [0.2, 0.25) is 0 Å². The van der Waals surface area contributed by atoms with E-state index in [2.05, 4.69) is 131 Å². The van der Waals surface area contributed by atoms with Gasteiger partial charge in [0.2, 0.25) is 0 Å². The van der Waals surface area contributed by atoms with Gasteiger partial charge < -0.3 is 4.74 Å². The van der Waals surface area contributed by atoms with Crippen LogP contribution < -0.4 is 4.74 Å². The Morgan fingerprint density at radius 3 is 2.35 bits per heavy atom. The van der Waals surface area contributed by atoms with Crippen LogP contribution >= 0.6 is 0 Å². The lowest BCUT2D eigenvalue weighted by Gasteiger charge is -2.14. The van der Waals surface area contributed by atoms with Crippen LogP contribution in [0, 0.1) is 19.8 Å². The molecule has 3 aromatic heterocycles. The number of rotatable bonds is 14. The second kappa shape index (κ2) is 15.6. The maximum Gasteiger partial charge on any atom is 0.137 e. The number of ether oxygens (including phenoxy) is 1. The van der Waals surface area contributed by atoms with E-state index in [1.807, 2.05) is 29.1 Å². The Hall–Kier alpha value is -5.16. The first-order valence-corrected chi connectivity index (χ1v) is 19.2. The molecule has 0 fully saturated rings. The molecule has 5 heteroatoms. The van der Waals surface area contributed by atoms with Gasteiger partial charge in [0, 0.05) is 40.4 Å². The fraction of sp³-hybridized carbons (Fsp3) is 0.319. The number of unbranched alkanes of at least 4 members (excludes halogenated alkanes) is 2. The minimum absolute atomic E-state index is 0.502. The zero-order valence-electron chi connectivity index (χ0n) is 31.7. The van der Waals surface area contributed by atoms with Gasteiger partial charge in [-0.3, -0.25) is 4.57 Å². The molecule has 0 spiro atoms. The normalized spacial score (nSPS) is 12.3. The molecule has 5 nitrogen and oxygen atoms in total. The van der Waals surface area contributed by atoms with Crippen molar-refractivity contribution in [2.75, 3.05) is 0 Å². The van der Waals surface area contributed by atoms with Crippen molar-refractivity contribution in [3.63, 3.8) is 0 Å². The third-order valence-electron chi connectivity index (χ3n) is 10.5. The lowest BCUT2D eigenvalue weighted by molar-refractivity contribution is 0.482. The standard InChI is InChI=1S/C47H52N4O/c1-7-8-10-17-36-26-27-48-46(28-36)50-44-25-22-38(33(4)16-13-15-32(2)3)29-43(44)42-24-23-41(31-45(42)50)52-40-21-14-20-39(30-40)51-35(6)47(34(5)49-51)37-18-11-9-12-19-37/h9,11-12,14,18-33H,7-8,10,13,15-17H2,1-6H3. The van der Waals surface area contributed by atoms with Gasteiger partial charge in [0.05, 0.1) is 22.4 Å². The Bertz CT molecular complexity index is 2290. The van der Waals surface area contributed by atoms with Crippen LogP contribution in [0.15, 0.2) is 109 Å². The first-order valence-electron chi connectivity index (χ1n) is 19.2. The molecule has 266 valence electrons. The molecule has 1 atom stereocenters. The molecule has 0 N–H and O–H groups in total. The van der Waals surface area contributed by atoms with Crippen molar-refractivity contribution in [3.8, 4) is 34.1 Å². The highest BCUT2D eigenvalue weighted by Gasteiger charge is 2.18. The summed E-state index contributed by atoms with van der Waals surface area (Å²) in [6.07, 6.45) is 10.4. The molecule has 0 aliphatic rings. The van der Waals surface area contributed by atoms with Gasteiger partial charge >= 0.3 is 0 Å².